The Morgan fingerprint density at radius 1 is 1.21 bits per heavy atom. The number of sulfonamides is 1. The molecule has 2 rings (SSSR count). The summed E-state index contributed by atoms with van der Waals surface area (Å²) in [5, 5.41) is 0. The van der Waals surface area contributed by atoms with Gasteiger partial charge in [0.1, 0.15) is 4.90 Å². The number of aromatic nitrogens is 2. The van der Waals surface area contributed by atoms with Crippen LogP contribution in [0.3, 0.4) is 0 Å². The highest BCUT2D eigenvalue weighted by Crippen LogP contribution is 2.19. The van der Waals surface area contributed by atoms with Gasteiger partial charge in [-0.2, -0.15) is 0 Å². The number of nitrogens with one attached hydrogen (secondary N) is 2. The molecule has 0 atom stereocenters. The van der Waals surface area contributed by atoms with E-state index in [4.69, 9.17) is 0 Å². The molecule has 0 aliphatic rings. The molecule has 1 aromatic carbocycles. The number of H-pyrrole nitrogens is 1. The molecule has 1 aromatic heterocycles. The number of benzene rings is 1. The van der Waals surface area contributed by atoms with Gasteiger partial charge in [0.2, 0.25) is 10.0 Å². The zero-order chi connectivity index (χ0) is 14.0. The topological polar surface area (TPSA) is 74.8 Å². The van der Waals surface area contributed by atoms with Crippen molar-refractivity contribution in [2.45, 2.75) is 11.4 Å². The zero-order valence-corrected chi connectivity index (χ0v) is 10.1. The Labute approximate surface area is 106 Å². The van der Waals surface area contributed by atoms with Crippen LogP contribution in [0.25, 0.3) is 0 Å². The minimum atomic E-state index is -4.29. The van der Waals surface area contributed by atoms with Gasteiger partial charge in [-0.15, -0.1) is 0 Å². The molecule has 19 heavy (non-hydrogen) atoms. The Morgan fingerprint density at radius 2 is 1.95 bits per heavy atom. The van der Waals surface area contributed by atoms with E-state index in [0.717, 1.165) is 0 Å². The third-order valence-corrected chi connectivity index (χ3v) is 3.72. The average molecular weight is 291 g/mol. The second kappa shape index (κ2) is 5.02. The fourth-order valence-electron chi connectivity index (χ4n) is 1.35. The van der Waals surface area contributed by atoms with Crippen molar-refractivity contribution < 1.29 is 21.6 Å². The van der Waals surface area contributed by atoms with E-state index in [2.05, 4.69) is 9.97 Å². The first kappa shape index (κ1) is 13.6. The third-order valence-electron chi connectivity index (χ3n) is 2.30. The molecular formula is C10H8F3N3O2S. The van der Waals surface area contributed by atoms with Crippen LogP contribution in [-0.2, 0) is 16.6 Å². The molecule has 0 saturated carbocycles. The second-order valence-electron chi connectivity index (χ2n) is 3.57. The summed E-state index contributed by atoms with van der Waals surface area (Å²) in [6.45, 7) is -0.180. The summed E-state index contributed by atoms with van der Waals surface area (Å²) in [7, 11) is -4.29. The van der Waals surface area contributed by atoms with Gasteiger partial charge in [-0.1, -0.05) is 0 Å². The summed E-state index contributed by atoms with van der Waals surface area (Å²) in [6.07, 6.45) is 2.70. The first-order valence-electron chi connectivity index (χ1n) is 5.02. The standard InChI is InChI=1S/C10H8F3N3O2S/c11-7-1-2-8(10(13)9(7)12)19(17,18)16-4-6-3-14-5-15-6/h1-3,5,16H,4H2,(H,14,15). The van der Waals surface area contributed by atoms with E-state index in [-0.39, 0.29) is 6.54 Å². The molecule has 0 saturated heterocycles. The van der Waals surface area contributed by atoms with Crippen molar-refractivity contribution in [2.24, 2.45) is 0 Å². The van der Waals surface area contributed by atoms with Crippen LogP contribution in [0.4, 0.5) is 13.2 Å². The van der Waals surface area contributed by atoms with Crippen molar-refractivity contribution in [3.63, 3.8) is 0 Å². The Hall–Kier alpha value is -1.87. The molecule has 5 nitrogen and oxygen atoms in total. The quantitative estimate of drug-likeness (QED) is 0.834. The predicted molar refractivity (Wildman–Crippen MR) is 58.9 cm³/mol. The average Bonchev–Trinajstić information content (AvgIpc) is 2.86. The van der Waals surface area contributed by atoms with Crippen molar-refractivity contribution in [3.8, 4) is 0 Å². The Bertz CT molecular complexity index is 686. The molecule has 0 bridgehead atoms. The molecule has 9 heteroatoms. The number of nitrogens with zero attached hydrogens (tertiary/aromatic N) is 1. The molecule has 0 fully saturated rings. The van der Waals surface area contributed by atoms with E-state index < -0.39 is 32.4 Å². The van der Waals surface area contributed by atoms with Gasteiger partial charge < -0.3 is 4.98 Å². The van der Waals surface area contributed by atoms with E-state index in [1.807, 2.05) is 4.72 Å². The monoisotopic (exact) mass is 291 g/mol. The Balaban J connectivity index is 2.27. The van der Waals surface area contributed by atoms with Gasteiger partial charge in [-0.3, -0.25) is 0 Å². The zero-order valence-electron chi connectivity index (χ0n) is 9.32. The first-order chi connectivity index (χ1) is 8.92. The van der Waals surface area contributed by atoms with Crippen LogP contribution in [0.2, 0.25) is 0 Å². The van der Waals surface area contributed by atoms with Gasteiger partial charge in [0.05, 0.1) is 12.9 Å². The fourth-order valence-corrected chi connectivity index (χ4v) is 2.42. The van der Waals surface area contributed by atoms with Gasteiger partial charge in [-0.05, 0) is 12.1 Å². The van der Waals surface area contributed by atoms with Crippen LogP contribution in [-0.4, -0.2) is 18.4 Å². The number of rotatable bonds is 4. The maximum Gasteiger partial charge on any atom is 0.243 e. The van der Waals surface area contributed by atoms with Crippen molar-refractivity contribution in [2.75, 3.05) is 0 Å². The summed E-state index contributed by atoms with van der Waals surface area (Å²) in [5.74, 6) is -5.04. The fraction of sp³-hybridized carbons (Fsp3) is 0.100. The SMILES string of the molecule is O=S(=O)(NCc1cnc[nH]1)c1ccc(F)c(F)c1F. The molecule has 0 spiro atoms. The summed E-state index contributed by atoms with van der Waals surface area (Å²) < 4.78 is 64.6. The Kier molecular flexibility index (Phi) is 3.58. The second-order valence-corrected chi connectivity index (χ2v) is 5.31. The maximum absolute atomic E-state index is 13.4. The molecular weight excluding hydrogens is 283 g/mol. The smallest absolute Gasteiger partial charge is 0.243 e. The molecule has 0 unspecified atom stereocenters. The summed E-state index contributed by atoms with van der Waals surface area (Å²) >= 11 is 0. The van der Waals surface area contributed by atoms with Gasteiger partial charge in [0, 0.05) is 11.9 Å². The number of halogens is 3. The minimum absolute atomic E-state index is 0.180. The molecule has 0 amide bonds. The molecule has 2 aromatic rings. The molecule has 1 heterocycles. The number of aromatic amines is 1. The highest BCUT2D eigenvalue weighted by Gasteiger charge is 2.23. The maximum atomic E-state index is 13.4. The predicted octanol–water partition coefficient (Wildman–Crippen LogP) is 1.31. The molecule has 0 aliphatic carbocycles. The van der Waals surface area contributed by atoms with Crippen molar-refractivity contribution in [1.82, 2.24) is 14.7 Å². The van der Waals surface area contributed by atoms with Crippen molar-refractivity contribution in [3.05, 3.63) is 47.8 Å². The van der Waals surface area contributed by atoms with E-state index in [1.165, 1.54) is 12.5 Å². The summed E-state index contributed by atoms with van der Waals surface area (Å²) in [4.78, 5) is 5.34. The van der Waals surface area contributed by atoms with Crippen LogP contribution in [0, 0.1) is 17.5 Å². The third kappa shape index (κ3) is 2.76. The molecule has 102 valence electrons. The Morgan fingerprint density at radius 3 is 2.58 bits per heavy atom. The van der Waals surface area contributed by atoms with Crippen LogP contribution >= 0.6 is 0 Å². The molecule has 0 aliphatic heterocycles. The normalized spacial score (nSPS) is 11.7. The number of hydrogen-bond acceptors (Lipinski definition) is 3. The van der Waals surface area contributed by atoms with E-state index in [0.29, 0.717) is 17.8 Å². The first-order valence-corrected chi connectivity index (χ1v) is 6.50. The van der Waals surface area contributed by atoms with Crippen LogP contribution in [0.5, 0.6) is 0 Å². The minimum Gasteiger partial charge on any atom is -0.347 e. The van der Waals surface area contributed by atoms with Crippen LogP contribution < -0.4 is 4.72 Å². The lowest BCUT2D eigenvalue weighted by atomic mass is 10.3. The highest BCUT2D eigenvalue weighted by molar-refractivity contribution is 7.89. The largest absolute Gasteiger partial charge is 0.347 e. The number of hydrogen-bond donors (Lipinski definition) is 2. The number of imidazole rings is 1. The molecule has 2 N–H and O–H groups in total. The van der Waals surface area contributed by atoms with E-state index >= 15 is 0 Å². The van der Waals surface area contributed by atoms with Gasteiger partial charge in [0.25, 0.3) is 0 Å². The molecule has 0 radical (unpaired) electrons. The van der Waals surface area contributed by atoms with Crippen molar-refractivity contribution >= 4 is 10.0 Å². The lowest BCUT2D eigenvalue weighted by Gasteiger charge is -2.07. The summed E-state index contributed by atoms with van der Waals surface area (Å²) in [6, 6.07) is 1.20. The highest BCUT2D eigenvalue weighted by atomic mass is 32.2. The van der Waals surface area contributed by atoms with Gasteiger partial charge in [0.15, 0.2) is 17.5 Å². The lowest BCUT2D eigenvalue weighted by Crippen LogP contribution is -2.24. The van der Waals surface area contributed by atoms with Gasteiger partial charge >= 0.3 is 0 Å². The lowest BCUT2D eigenvalue weighted by molar-refractivity contribution is 0.431. The van der Waals surface area contributed by atoms with Crippen molar-refractivity contribution in [1.29, 1.82) is 0 Å². The van der Waals surface area contributed by atoms with E-state index in [1.54, 1.807) is 0 Å². The van der Waals surface area contributed by atoms with Crippen LogP contribution in [0.1, 0.15) is 5.69 Å². The van der Waals surface area contributed by atoms with E-state index in [9.17, 15) is 21.6 Å². The van der Waals surface area contributed by atoms with Crippen LogP contribution in [0.15, 0.2) is 29.6 Å². The van der Waals surface area contributed by atoms with Gasteiger partial charge in [-0.25, -0.2) is 31.3 Å². The summed E-state index contributed by atoms with van der Waals surface area (Å²) in [5.41, 5.74) is 0.437.